The van der Waals surface area contributed by atoms with Crippen molar-refractivity contribution in [1.29, 1.82) is 0 Å². The van der Waals surface area contributed by atoms with E-state index in [-0.39, 0.29) is 76.3 Å². The molecule has 17 heavy (non-hydrogen) atoms. The summed E-state index contributed by atoms with van der Waals surface area (Å²) in [5.41, 5.74) is 0. The van der Waals surface area contributed by atoms with Crippen LogP contribution in [-0.4, -0.2) is 22.1 Å². The maximum Gasteiger partial charge on any atom is 0.454 e. The first kappa shape index (κ1) is 24.2. The zero-order valence-corrected chi connectivity index (χ0v) is 13.3. The molecule has 17 heteroatoms. The minimum absolute atomic E-state index is 0. The molecule has 0 amide bonds. The Labute approximate surface area is 158 Å². The van der Waals surface area contributed by atoms with Crippen molar-refractivity contribution in [2.24, 2.45) is 0 Å². The quantitative estimate of drug-likeness (QED) is 0.192. The van der Waals surface area contributed by atoms with E-state index >= 15 is 0 Å². The first-order chi connectivity index (χ1) is 6.68. The van der Waals surface area contributed by atoms with Crippen molar-refractivity contribution < 1.29 is 129 Å². The van der Waals surface area contributed by atoms with Gasteiger partial charge >= 0.3 is 20.8 Å². The molecule has 12 nitrogen and oxygen atoms in total. The molecule has 0 aliphatic carbocycles. The Bertz CT molecular complexity index is 444. The summed E-state index contributed by atoms with van der Waals surface area (Å²) in [6.07, 6.45) is 0. The largest absolute Gasteiger partial charge is 0.454 e. The second kappa shape index (κ2) is 10.9. The molecule has 0 unspecified atom stereocenters. The first-order valence-electron chi connectivity index (χ1n) is 2.35. The van der Waals surface area contributed by atoms with Crippen molar-refractivity contribution in [2.75, 3.05) is 0 Å². The van der Waals surface area contributed by atoms with Gasteiger partial charge in [-0.3, -0.25) is 4.33 Å². The van der Waals surface area contributed by atoms with Crippen LogP contribution in [0.1, 0.15) is 0 Å². The normalized spacial score (nSPS) is 11.6. The van der Waals surface area contributed by atoms with E-state index in [4.69, 9.17) is 5.26 Å². The molecule has 0 radical (unpaired) electrons. The van der Waals surface area contributed by atoms with Gasteiger partial charge in [-0.25, -0.2) is 5.26 Å². The molecule has 0 bridgehead atoms. The molecule has 0 rings (SSSR count). The third-order valence-electron chi connectivity index (χ3n) is 0.452. The Morgan fingerprint density at radius 2 is 1.24 bits per heavy atom. The van der Waals surface area contributed by atoms with E-state index in [2.05, 4.69) is 21.7 Å². The van der Waals surface area contributed by atoms with Crippen LogP contribution in [0.2, 0.25) is 0 Å². The molecule has 0 aromatic heterocycles. The maximum absolute atomic E-state index is 10.3. The Hall–Kier alpha value is 2.16. The van der Waals surface area contributed by atoms with Gasteiger partial charge in [-0.1, -0.05) is 17.3 Å². The average molecular weight is 614 g/mol. The molecule has 0 saturated heterocycles. The summed E-state index contributed by atoms with van der Waals surface area (Å²) in [5.74, 6) is 0. The second-order valence-corrected chi connectivity index (χ2v) is 4.10. The van der Waals surface area contributed by atoms with Gasteiger partial charge in [-0.05, 0) is 0 Å². The monoisotopic (exact) mass is 617 g/mol. The van der Waals surface area contributed by atoms with E-state index in [0.717, 1.165) is 0 Å². The Balaban J connectivity index is -0.000000980. The Kier molecular flexibility index (Phi) is 15.5. The van der Waals surface area contributed by atoms with Gasteiger partial charge in [0.15, 0.2) is 0 Å². The van der Waals surface area contributed by atoms with Crippen LogP contribution < -0.4 is 0 Å². The predicted molar refractivity (Wildman–Crippen MR) is 34.6 cm³/mol. The van der Waals surface area contributed by atoms with Crippen LogP contribution in [0.15, 0.2) is 0 Å². The molecule has 0 spiro atoms. The summed E-state index contributed by atoms with van der Waals surface area (Å²) < 4.78 is 74.7. The van der Waals surface area contributed by atoms with Gasteiger partial charge in [-0.2, -0.15) is 16.8 Å². The van der Waals surface area contributed by atoms with E-state index < -0.39 is 31.8 Å². The fraction of sp³-hybridized carbons (Fsp3) is 0. The average Bonchev–Trinajstić information content (AvgIpc) is 2.13. The zero-order chi connectivity index (χ0) is 12.1. The molecule has 112 valence electrons. The molecular weight excluding hydrogens is 613 g/mol. The van der Waals surface area contributed by atoms with Crippen LogP contribution in [0, 0.1) is 76.3 Å². The van der Waals surface area contributed by atoms with E-state index in [0.29, 0.717) is 0 Å². The molecular formula is HDy2O12S3-. The van der Waals surface area contributed by atoms with Crippen molar-refractivity contribution in [2.45, 2.75) is 0 Å². The van der Waals surface area contributed by atoms with Gasteiger partial charge in [0.05, 0.1) is 11.0 Å². The number of hydrogen-bond acceptors (Lipinski definition) is 13. The van der Waals surface area contributed by atoms with Crippen LogP contribution in [-0.2, 0) is 61.9 Å². The minimum atomic E-state index is -5.23. The molecule has 0 atom stereocenters. The SMILES string of the molecule is O=[S-](=O)OOS(=O)(=O)OOS(=O)(=O)OO.[Dy].[Dy]. The van der Waals surface area contributed by atoms with Crippen LogP contribution in [0.25, 0.3) is 0 Å². The number of rotatable bonds is 7. The molecule has 0 aromatic rings. The molecule has 0 heterocycles. The molecule has 0 aliphatic heterocycles. The summed E-state index contributed by atoms with van der Waals surface area (Å²) in [4.78, 5) is 0. The van der Waals surface area contributed by atoms with E-state index in [1.165, 1.54) is 0 Å². The predicted octanol–water partition coefficient (Wildman–Crippen LogP) is -1.91. The van der Waals surface area contributed by atoms with E-state index in [1.54, 1.807) is 0 Å². The summed E-state index contributed by atoms with van der Waals surface area (Å²) >= 11 is 0. The summed E-state index contributed by atoms with van der Waals surface area (Å²) in [6.45, 7) is 0. The van der Waals surface area contributed by atoms with Gasteiger partial charge in [0.1, 0.15) is 0 Å². The molecule has 0 aliphatic rings. The Morgan fingerprint density at radius 3 is 1.59 bits per heavy atom. The topological polar surface area (TPSA) is 169 Å². The molecule has 0 fully saturated rings. The van der Waals surface area contributed by atoms with Crippen LogP contribution >= 0.6 is 0 Å². The standard InChI is InChI=1S/2Dy.HO12S3/c;;1-8-14(4,5)11-12-15(6,7)10-9-13(2)3/h;;1H/q;;-1. The van der Waals surface area contributed by atoms with Crippen molar-refractivity contribution in [3.05, 3.63) is 0 Å². The van der Waals surface area contributed by atoms with E-state index in [1.807, 2.05) is 0 Å². The third-order valence-corrected chi connectivity index (χ3v) is 1.69. The van der Waals surface area contributed by atoms with Crippen LogP contribution in [0.4, 0.5) is 0 Å². The smallest absolute Gasteiger partial charge is 0.394 e. The fourth-order valence-electron chi connectivity index (χ4n) is 0.149. The van der Waals surface area contributed by atoms with Gasteiger partial charge in [0.2, 0.25) is 0 Å². The second-order valence-electron chi connectivity index (χ2n) is 1.37. The molecule has 0 aromatic carbocycles. The van der Waals surface area contributed by atoms with Gasteiger partial charge in [0, 0.05) is 76.3 Å². The number of hydrogen-bond donors (Lipinski definition) is 1. The van der Waals surface area contributed by atoms with Crippen LogP contribution in [0.5, 0.6) is 0 Å². The molecule has 0 saturated carbocycles. The van der Waals surface area contributed by atoms with E-state index in [9.17, 15) is 25.3 Å². The minimum Gasteiger partial charge on any atom is -0.394 e. The molecule has 1 N–H and O–H groups in total. The Morgan fingerprint density at radius 1 is 0.824 bits per heavy atom. The summed E-state index contributed by atoms with van der Waals surface area (Å²) in [5, 5.41) is 7.55. The van der Waals surface area contributed by atoms with Crippen LogP contribution in [0.3, 0.4) is 0 Å². The third kappa shape index (κ3) is 14.4. The van der Waals surface area contributed by atoms with Crippen molar-refractivity contribution in [3.63, 3.8) is 0 Å². The first-order valence-corrected chi connectivity index (χ1v) is 6.02. The summed E-state index contributed by atoms with van der Waals surface area (Å²) in [7, 11) is -13.7. The van der Waals surface area contributed by atoms with Crippen molar-refractivity contribution in [1.82, 2.24) is 0 Å². The van der Waals surface area contributed by atoms with Gasteiger partial charge < -0.3 is 8.42 Å². The van der Waals surface area contributed by atoms with Crippen molar-refractivity contribution in [3.8, 4) is 0 Å². The fourth-order valence-corrected chi connectivity index (χ4v) is 1.19. The van der Waals surface area contributed by atoms with Crippen molar-refractivity contribution >= 4 is 31.8 Å². The summed E-state index contributed by atoms with van der Waals surface area (Å²) in [6, 6.07) is 0. The maximum atomic E-state index is 10.3. The van der Waals surface area contributed by atoms with Gasteiger partial charge in [-0.15, -0.1) is 0 Å². The van der Waals surface area contributed by atoms with Gasteiger partial charge in [0.25, 0.3) is 0 Å². The zero-order valence-electron chi connectivity index (χ0n) is 6.80.